The Kier molecular flexibility index (Phi) is 3.43. The molecule has 1 atom stereocenters. The molecule has 3 nitrogen and oxygen atoms in total. The maximum absolute atomic E-state index is 11.0. The van der Waals surface area contributed by atoms with Gasteiger partial charge in [0.1, 0.15) is 6.04 Å². The molecule has 2 heterocycles. The van der Waals surface area contributed by atoms with E-state index < -0.39 is 5.97 Å². The van der Waals surface area contributed by atoms with Gasteiger partial charge in [0.2, 0.25) is 0 Å². The molecule has 1 aliphatic rings. The highest BCUT2D eigenvalue weighted by molar-refractivity contribution is 9.10. The summed E-state index contributed by atoms with van der Waals surface area (Å²) in [4.78, 5) is 14.2. The van der Waals surface area contributed by atoms with E-state index in [4.69, 9.17) is 5.11 Å². The van der Waals surface area contributed by atoms with Crippen LogP contribution < -0.4 is 0 Å². The monoisotopic (exact) mass is 289 g/mol. The highest BCUT2D eigenvalue weighted by atomic mass is 79.9. The van der Waals surface area contributed by atoms with Gasteiger partial charge in [0.25, 0.3) is 0 Å². The molecule has 0 spiro atoms. The van der Waals surface area contributed by atoms with Crippen LogP contribution in [0, 0.1) is 0 Å². The molecule has 5 heteroatoms. The normalized spacial score (nSPS) is 22.1. The lowest BCUT2D eigenvalue weighted by Crippen LogP contribution is -2.35. The topological polar surface area (TPSA) is 40.5 Å². The average molecular weight is 290 g/mol. The molecule has 82 valence electrons. The quantitative estimate of drug-likeness (QED) is 0.930. The zero-order valence-corrected chi connectivity index (χ0v) is 10.6. The number of nitrogens with zero attached hydrogens (tertiary/aromatic N) is 1. The first-order valence-electron chi connectivity index (χ1n) is 4.86. The number of aliphatic carboxylic acids is 1. The van der Waals surface area contributed by atoms with Crippen LogP contribution in [0.4, 0.5) is 0 Å². The number of halogens is 1. The summed E-state index contributed by atoms with van der Waals surface area (Å²) in [7, 11) is 0. The number of hydrogen-bond donors (Lipinski definition) is 1. The third kappa shape index (κ3) is 2.59. The first-order chi connectivity index (χ1) is 7.16. The number of hydrogen-bond acceptors (Lipinski definition) is 3. The van der Waals surface area contributed by atoms with Crippen LogP contribution >= 0.6 is 27.3 Å². The number of carboxylic acid groups (broad SMARTS) is 1. The number of likely N-dealkylation sites (tertiary alicyclic amines) is 1. The summed E-state index contributed by atoms with van der Waals surface area (Å²) in [6.07, 6.45) is 1.77. The maximum Gasteiger partial charge on any atom is 0.320 e. The summed E-state index contributed by atoms with van der Waals surface area (Å²) in [5.41, 5.74) is 0. The van der Waals surface area contributed by atoms with Crippen molar-refractivity contribution in [2.45, 2.75) is 25.4 Å². The highest BCUT2D eigenvalue weighted by Crippen LogP contribution is 2.25. The lowest BCUT2D eigenvalue weighted by molar-refractivity contribution is -0.142. The zero-order valence-electron chi connectivity index (χ0n) is 8.15. The molecule has 15 heavy (non-hydrogen) atoms. The van der Waals surface area contributed by atoms with Crippen molar-refractivity contribution in [1.29, 1.82) is 0 Å². The van der Waals surface area contributed by atoms with Gasteiger partial charge in [-0.15, -0.1) is 11.3 Å². The van der Waals surface area contributed by atoms with E-state index in [2.05, 4.69) is 22.0 Å². The molecule has 1 saturated heterocycles. The first kappa shape index (κ1) is 11.1. The molecule has 0 radical (unpaired) electrons. The van der Waals surface area contributed by atoms with E-state index in [0.717, 1.165) is 30.4 Å². The summed E-state index contributed by atoms with van der Waals surface area (Å²) < 4.78 is 1.08. The minimum Gasteiger partial charge on any atom is -0.480 e. The van der Waals surface area contributed by atoms with E-state index >= 15 is 0 Å². The SMILES string of the molecule is O=C(O)[C@H]1CCCN1Cc1cc(Br)cs1. The smallest absolute Gasteiger partial charge is 0.320 e. The summed E-state index contributed by atoms with van der Waals surface area (Å²) in [5, 5.41) is 11.0. The Morgan fingerprint density at radius 3 is 3.13 bits per heavy atom. The van der Waals surface area contributed by atoms with E-state index in [1.807, 2.05) is 10.3 Å². The Labute approximate surface area is 101 Å². The number of carboxylic acids is 1. The van der Waals surface area contributed by atoms with Crippen LogP contribution in [0.15, 0.2) is 15.9 Å². The molecule has 1 aromatic heterocycles. The first-order valence-corrected chi connectivity index (χ1v) is 6.54. The van der Waals surface area contributed by atoms with Gasteiger partial charge in [-0.2, -0.15) is 0 Å². The Balaban J connectivity index is 2.02. The standard InChI is InChI=1S/C10H12BrNO2S/c11-7-4-8(15-6-7)5-12-3-1-2-9(12)10(13)14/h4,6,9H,1-3,5H2,(H,13,14)/t9-/m1/s1. The van der Waals surface area contributed by atoms with Crippen molar-refractivity contribution in [2.24, 2.45) is 0 Å². The van der Waals surface area contributed by atoms with E-state index in [1.54, 1.807) is 11.3 Å². The molecular formula is C10H12BrNO2S. The molecule has 1 N–H and O–H groups in total. The molecule has 0 aliphatic carbocycles. The fourth-order valence-corrected chi connectivity index (χ4v) is 3.41. The molecule has 0 bridgehead atoms. The highest BCUT2D eigenvalue weighted by Gasteiger charge is 2.30. The van der Waals surface area contributed by atoms with Crippen molar-refractivity contribution in [2.75, 3.05) is 6.54 Å². The van der Waals surface area contributed by atoms with Gasteiger partial charge in [0.05, 0.1) is 0 Å². The molecule has 1 aromatic rings. The van der Waals surface area contributed by atoms with E-state index in [0.29, 0.717) is 0 Å². The number of rotatable bonds is 3. The van der Waals surface area contributed by atoms with E-state index in [9.17, 15) is 4.79 Å². The average Bonchev–Trinajstić information content (AvgIpc) is 2.75. The summed E-state index contributed by atoms with van der Waals surface area (Å²) >= 11 is 5.07. The number of carbonyl (C=O) groups is 1. The number of thiophene rings is 1. The Hall–Kier alpha value is -0.390. The molecule has 0 aromatic carbocycles. The van der Waals surface area contributed by atoms with Crippen LogP contribution in [0.25, 0.3) is 0 Å². The van der Waals surface area contributed by atoms with Gasteiger partial charge in [-0.05, 0) is 41.4 Å². The molecule has 0 saturated carbocycles. The Morgan fingerprint density at radius 1 is 1.73 bits per heavy atom. The van der Waals surface area contributed by atoms with Crippen LogP contribution in [-0.2, 0) is 11.3 Å². The minimum atomic E-state index is -0.692. The molecule has 1 aliphatic heterocycles. The molecule has 0 amide bonds. The van der Waals surface area contributed by atoms with Crippen LogP contribution in [0.3, 0.4) is 0 Å². The van der Waals surface area contributed by atoms with Gasteiger partial charge in [0.15, 0.2) is 0 Å². The molecule has 1 fully saturated rings. The fraction of sp³-hybridized carbons (Fsp3) is 0.500. The molecular weight excluding hydrogens is 278 g/mol. The molecule has 2 rings (SSSR count). The summed E-state index contributed by atoms with van der Waals surface area (Å²) in [6, 6.07) is 1.77. The van der Waals surface area contributed by atoms with Crippen molar-refractivity contribution < 1.29 is 9.90 Å². The van der Waals surface area contributed by atoms with Crippen LogP contribution in [-0.4, -0.2) is 28.6 Å². The van der Waals surface area contributed by atoms with Gasteiger partial charge in [0, 0.05) is 21.3 Å². The second-order valence-electron chi connectivity index (χ2n) is 3.70. The predicted molar refractivity (Wildman–Crippen MR) is 63.1 cm³/mol. The van der Waals surface area contributed by atoms with Crippen molar-refractivity contribution in [3.63, 3.8) is 0 Å². The summed E-state index contributed by atoms with van der Waals surface area (Å²) in [6.45, 7) is 1.65. The molecule has 0 unspecified atom stereocenters. The van der Waals surface area contributed by atoms with E-state index in [-0.39, 0.29) is 6.04 Å². The van der Waals surface area contributed by atoms with Crippen LogP contribution in [0.5, 0.6) is 0 Å². The third-order valence-corrected chi connectivity index (χ3v) is 4.31. The Bertz CT molecular complexity index is 366. The van der Waals surface area contributed by atoms with Crippen LogP contribution in [0.1, 0.15) is 17.7 Å². The second kappa shape index (κ2) is 4.63. The van der Waals surface area contributed by atoms with Gasteiger partial charge < -0.3 is 5.11 Å². The minimum absolute atomic E-state index is 0.286. The van der Waals surface area contributed by atoms with E-state index in [1.165, 1.54) is 4.88 Å². The van der Waals surface area contributed by atoms with Crippen molar-refractivity contribution in [3.8, 4) is 0 Å². The maximum atomic E-state index is 11.0. The predicted octanol–water partition coefficient (Wildman–Crippen LogP) is 2.56. The largest absolute Gasteiger partial charge is 0.480 e. The third-order valence-electron chi connectivity index (χ3n) is 2.63. The summed E-state index contributed by atoms with van der Waals surface area (Å²) in [5.74, 6) is -0.692. The zero-order chi connectivity index (χ0) is 10.8. The lowest BCUT2D eigenvalue weighted by atomic mass is 10.2. The lowest BCUT2D eigenvalue weighted by Gasteiger charge is -2.19. The van der Waals surface area contributed by atoms with Gasteiger partial charge in [-0.25, -0.2) is 0 Å². The second-order valence-corrected chi connectivity index (χ2v) is 5.61. The van der Waals surface area contributed by atoms with Crippen molar-refractivity contribution >= 4 is 33.2 Å². The van der Waals surface area contributed by atoms with Gasteiger partial charge >= 0.3 is 5.97 Å². The van der Waals surface area contributed by atoms with Crippen molar-refractivity contribution in [1.82, 2.24) is 4.90 Å². The Morgan fingerprint density at radius 2 is 2.53 bits per heavy atom. The van der Waals surface area contributed by atoms with Crippen LogP contribution in [0.2, 0.25) is 0 Å². The van der Waals surface area contributed by atoms with Gasteiger partial charge in [-0.3, -0.25) is 9.69 Å². The fourth-order valence-electron chi connectivity index (χ4n) is 1.93. The van der Waals surface area contributed by atoms with Gasteiger partial charge in [-0.1, -0.05) is 0 Å². The van der Waals surface area contributed by atoms with Crippen molar-refractivity contribution in [3.05, 3.63) is 20.8 Å².